The lowest BCUT2D eigenvalue weighted by Crippen LogP contribution is -2.46. The third-order valence-corrected chi connectivity index (χ3v) is 5.24. The first kappa shape index (κ1) is 23.8. The third-order valence-electron chi connectivity index (χ3n) is 4.33. The van der Waals surface area contributed by atoms with E-state index in [9.17, 15) is 23.2 Å². The number of aromatic nitrogens is 2. The SMILES string of the molecule is Cc1c(Br)c(=O)n([C@H](C)CNC(=O)OC(C)(C)C)c(=O)n1Cc1c(F)cccc1F. The molecule has 30 heavy (non-hydrogen) atoms. The Labute approximate surface area is 180 Å². The first-order valence-corrected chi connectivity index (χ1v) is 10.0. The molecule has 164 valence electrons. The van der Waals surface area contributed by atoms with Crippen molar-refractivity contribution >= 4 is 22.0 Å². The second-order valence-electron chi connectivity index (χ2n) is 7.88. The molecular formula is C20H24BrF2N3O4. The fraction of sp³-hybridized carbons (Fsp3) is 0.450. The van der Waals surface area contributed by atoms with Gasteiger partial charge >= 0.3 is 11.8 Å². The number of ether oxygens (including phenoxy) is 1. The minimum absolute atomic E-state index is 0.0619. The van der Waals surface area contributed by atoms with Gasteiger partial charge in [-0.3, -0.25) is 13.9 Å². The quantitative estimate of drug-likeness (QED) is 0.699. The van der Waals surface area contributed by atoms with Crippen LogP contribution in [-0.2, 0) is 11.3 Å². The first-order chi connectivity index (χ1) is 13.8. The Hall–Kier alpha value is -2.49. The number of nitrogens with zero attached hydrogens (tertiary/aromatic N) is 2. The summed E-state index contributed by atoms with van der Waals surface area (Å²) in [4.78, 5) is 37.6. The number of rotatable bonds is 5. The van der Waals surface area contributed by atoms with Crippen LogP contribution in [0.1, 0.15) is 45.0 Å². The minimum Gasteiger partial charge on any atom is -0.444 e. The molecule has 7 nitrogen and oxygen atoms in total. The first-order valence-electron chi connectivity index (χ1n) is 9.24. The van der Waals surface area contributed by atoms with E-state index >= 15 is 0 Å². The molecule has 1 atom stereocenters. The Bertz CT molecular complexity index is 1050. The average Bonchev–Trinajstić information content (AvgIpc) is 2.62. The fourth-order valence-electron chi connectivity index (χ4n) is 2.79. The predicted molar refractivity (Wildman–Crippen MR) is 112 cm³/mol. The second kappa shape index (κ2) is 9.11. The Morgan fingerprint density at radius 1 is 1.23 bits per heavy atom. The number of carbonyl (C=O) groups excluding carboxylic acids is 1. The Kier molecular flexibility index (Phi) is 7.23. The molecule has 1 heterocycles. The summed E-state index contributed by atoms with van der Waals surface area (Å²) in [6, 6.07) is 2.67. The van der Waals surface area contributed by atoms with E-state index < -0.39 is 47.2 Å². The maximum atomic E-state index is 14.1. The van der Waals surface area contributed by atoms with Crippen molar-refractivity contribution in [2.45, 2.75) is 52.8 Å². The van der Waals surface area contributed by atoms with Crippen LogP contribution in [0.2, 0.25) is 0 Å². The molecule has 0 spiro atoms. The zero-order valence-corrected chi connectivity index (χ0v) is 19.0. The van der Waals surface area contributed by atoms with E-state index in [0.717, 1.165) is 21.3 Å². The molecule has 1 N–H and O–H groups in total. The number of carbonyl (C=O) groups is 1. The van der Waals surface area contributed by atoms with Crippen molar-refractivity contribution in [2.75, 3.05) is 6.54 Å². The standard InChI is InChI=1S/C20H24BrF2N3O4/c1-11(9-24-18(28)30-20(3,4)5)26-17(27)16(21)12(2)25(19(26)29)10-13-14(22)7-6-8-15(13)23/h6-8,11H,9-10H2,1-5H3,(H,24,28)/t11-/m1/s1. The van der Waals surface area contributed by atoms with Crippen LogP contribution in [0.4, 0.5) is 13.6 Å². The lowest BCUT2D eigenvalue weighted by molar-refractivity contribution is 0.0520. The van der Waals surface area contributed by atoms with Gasteiger partial charge in [0, 0.05) is 17.8 Å². The lowest BCUT2D eigenvalue weighted by atomic mass is 10.2. The van der Waals surface area contributed by atoms with E-state index in [4.69, 9.17) is 4.74 Å². The van der Waals surface area contributed by atoms with Crippen LogP contribution >= 0.6 is 15.9 Å². The summed E-state index contributed by atoms with van der Waals surface area (Å²) in [6.45, 7) is 7.73. The normalized spacial score (nSPS) is 12.5. The molecule has 0 radical (unpaired) electrons. The second-order valence-corrected chi connectivity index (χ2v) is 8.67. The van der Waals surface area contributed by atoms with Gasteiger partial charge in [0.1, 0.15) is 21.7 Å². The summed E-state index contributed by atoms with van der Waals surface area (Å²) in [5.41, 5.74) is -2.12. The molecule has 0 fully saturated rings. The smallest absolute Gasteiger partial charge is 0.407 e. The van der Waals surface area contributed by atoms with Crippen LogP contribution in [0.3, 0.4) is 0 Å². The van der Waals surface area contributed by atoms with Gasteiger partial charge in [0.05, 0.1) is 12.6 Å². The highest BCUT2D eigenvalue weighted by molar-refractivity contribution is 9.10. The van der Waals surface area contributed by atoms with Crippen LogP contribution in [0.5, 0.6) is 0 Å². The summed E-state index contributed by atoms with van der Waals surface area (Å²) in [5, 5.41) is 2.51. The number of nitrogens with one attached hydrogen (secondary N) is 1. The van der Waals surface area contributed by atoms with Crippen molar-refractivity contribution in [2.24, 2.45) is 0 Å². The fourth-order valence-corrected chi connectivity index (χ4v) is 3.20. The number of hydrogen-bond donors (Lipinski definition) is 1. The van der Waals surface area contributed by atoms with Crippen molar-refractivity contribution < 1.29 is 18.3 Å². The molecule has 2 aromatic rings. The van der Waals surface area contributed by atoms with Gasteiger partial charge in [0.25, 0.3) is 5.56 Å². The topological polar surface area (TPSA) is 82.3 Å². The predicted octanol–water partition coefficient (Wildman–Crippen LogP) is 3.49. The van der Waals surface area contributed by atoms with Crippen LogP contribution in [0.15, 0.2) is 32.3 Å². The number of alkyl carbamates (subject to hydrolysis) is 1. The molecular weight excluding hydrogens is 464 g/mol. The summed E-state index contributed by atoms with van der Waals surface area (Å²) in [6.07, 6.45) is -0.692. The highest BCUT2D eigenvalue weighted by Gasteiger charge is 2.22. The van der Waals surface area contributed by atoms with Gasteiger partial charge in [-0.05, 0) is 62.7 Å². The van der Waals surface area contributed by atoms with E-state index in [2.05, 4.69) is 21.2 Å². The van der Waals surface area contributed by atoms with Crippen molar-refractivity contribution in [1.82, 2.24) is 14.5 Å². The van der Waals surface area contributed by atoms with E-state index in [1.54, 1.807) is 27.7 Å². The van der Waals surface area contributed by atoms with E-state index in [1.165, 1.54) is 13.0 Å². The minimum atomic E-state index is -0.796. The molecule has 1 aromatic carbocycles. The average molecular weight is 488 g/mol. The molecule has 0 aliphatic rings. The maximum Gasteiger partial charge on any atom is 0.407 e. The number of hydrogen-bond acceptors (Lipinski definition) is 4. The Morgan fingerprint density at radius 2 is 1.80 bits per heavy atom. The molecule has 0 saturated heterocycles. The lowest BCUT2D eigenvalue weighted by Gasteiger charge is -2.22. The van der Waals surface area contributed by atoms with Gasteiger partial charge < -0.3 is 10.1 Å². The van der Waals surface area contributed by atoms with Crippen LogP contribution in [0.25, 0.3) is 0 Å². The molecule has 2 rings (SSSR count). The van der Waals surface area contributed by atoms with Gasteiger partial charge in [-0.25, -0.2) is 18.4 Å². The molecule has 0 bridgehead atoms. The number of benzene rings is 1. The molecule has 0 aliphatic heterocycles. The van der Waals surface area contributed by atoms with Crippen LogP contribution in [-0.4, -0.2) is 27.4 Å². The summed E-state index contributed by atoms with van der Waals surface area (Å²) in [7, 11) is 0. The molecule has 1 amide bonds. The van der Waals surface area contributed by atoms with Crippen molar-refractivity contribution in [3.8, 4) is 0 Å². The Balaban J connectivity index is 2.41. The van der Waals surface area contributed by atoms with Crippen molar-refractivity contribution in [3.05, 3.63) is 66.4 Å². The van der Waals surface area contributed by atoms with Crippen LogP contribution < -0.4 is 16.6 Å². The highest BCUT2D eigenvalue weighted by Crippen LogP contribution is 2.16. The number of halogens is 3. The molecule has 10 heteroatoms. The third kappa shape index (κ3) is 5.35. The molecule has 1 aromatic heterocycles. The van der Waals surface area contributed by atoms with Gasteiger partial charge in [0.15, 0.2) is 0 Å². The maximum absolute atomic E-state index is 14.1. The monoisotopic (exact) mass is 487 g/mol. The van der Waals surface area contributed by atoms with Gasteiger partial charge in [-0.1, -0.05) is 6.07 Å². The molecule has 0 saturated carbocycles. The molecule has 0 aliphatic carbocycles. The van der Waals surface area contributed by atoms with E-state index in [0.29, 0.717) is 0 Å². The zero-order valence-electron chi connectivity index (χ0n) is 17.4. The summed E-state index contributed by atoms with van der Waals surface area (Å²) >= 11 is 3.16. The van der Waals surface area contributed by atoms with Gasteiger partial charge in [-0.2, -0.15) is 0 Å². The van der Waals surface area contributed by atoms with Crippen LogP contribution in [0, 0.1) is 18.6 Å². The Morgan fingerprint density at radius 3 is 2.33 bits per heavy atom. The van der Waals surface area contributed by atoms with E-state index in [-0.39, 0.29) is 22.3 Å². The molecule has 0 unspecified atom stereocenters. The van der Waals surface area contributed by atoms with Gasteiger partial charge in [-0.15, -0.1) is 0 Å². The van der Waals surface area contributed by atoms with E-state index in [1.807, 2.05) is 0 Å². The largest absolute Gasteiger partial charge is 0.444 e. The van der Waals surface area contributed by atoms with Crippen molar-refractivity contribution in [1.29, 1.82) is 0 Å². The highest BCUT2D eigenvalue weighted by atomic mass is 79.9. The van der Waals surface area contributed by atoms with Crippen molar-refractivity contribution in [3.63, 3.8) is 0 Å². The number of amides is 1. The summed E-state index contributed by atoms with van der Waals surface area (Å²) in [5.74, 6) is -1.59. The summed E-state index contributed by atoms with van der Waals surface area (Å²) < 4.78 is 35.4. The van der Waals surface area contributed by atoms with Gasteiger partial charge in [0.2, 0.25) is 0 Å². The zero-order chi connectivity index (χ0) is 22.8.